The molecule has 1 saturated carbocycles. The summed E-state index contributed by atoms with van der Waals surface area (Å²) in [4.78, 5) is 15.3. The Morgan fingerprint density at radius 1 is 1.27 bits per heavy atom. The maximum absolute atomic E-state index is 13.0. The van der Waals surface area contributed by atoms with E-state index < -0.39 is 11.5 Å². The zero-order chi connectivity index (χ0) is 15.6. The highest BCUT2D eigenvalue weighted by atomic mass is 16.3. The number of hydrogen-bond donors (Lipinski definition) is 3. The summed E-state index contributed by atoms with van der Waals surface area (Å²) in [5.41, 5.74) is 0.654. The summed E-state index contributed by atoms with van der Waals surface area (Å²) in [5, 5.41) is 30.6. The first-order chi connectivity index (χ1) is 10.5. The average molecular weight is 303 g/mol. The highest BCUT2D eigenvalue weighted by Crippen LogP contribution is 2.57. The van der Waals surface area contributed by atoms with E-state index >= 15 is 0 Å². The predicted molar refractivity (Wildman–Crippen MR) is 79.9 cm³/mol. The summed E-state index contributed by atoms with van der Waals surface area (Å²) in [7, 11) is 2.08. The average Bonchev–Trinajstić information content (AvgIpc) is 2.50. The molecule has 4 rings (SSSR count). The summed E-state index contributed by atoms with van der Waals surface area (Å²) in [6, 6.07) is 3.55. The molecule has 5 heteroatoms. The highest BCUT2D eigenvalue weighted by molar-refractivity contribution is 5.96. The van der Waals surface area contributed by atoms with Crippen LogP contribution in [0.25, 0.3) is 0 Å². The lowest BCUT2D eigenvalue weighted by Gasteiger charge is -2.57. The van der Waals surface area contributed by atoms with E-state index in [0.717, 1.165) is 24.9 Å². The van der Waals surface area contributed by atoms with Gasteiger partial charge in [-0.3, -0.25) is 4.79 Å². The van der Waals surface area contributed by atoms with Crippen molar-refractivity contribution in [1.82, 2.24) is 4.90 Å². The molecule has 5 nitrogen and oxygen atoms in total. The Kier molecular flexibility index (Phi) is 2.84. The number of rotatable bonds is 0. The lowest BCUT2D eigenvalue weighted by Crippen LogP contribution is -2.65. The van der Waals surface area contributed by atoms with Crippen LogP contribution in [0.5, 0.6) is 11.5 Å². The Morgan fingerprint density at radius 2 is 2.05 bits per heavy atom. The van der Waals surface area contributed by atoms with Gasteiger partial charge in [-0.2, -0.15) is 0 Å². The monoisotopic (exact) mass is 303 g/mol. The predicted octanol–water partition coefficient (Wildman–Crippen LogP) is 0.936. The van der Waals surface area contributed by atoms with Crippen molar-refractivity contribution in [2.75, 3.05) is 13.6 Å². The molecule has 0 amide bonds. The number of phenols is 2. The number of nitrogens with zero attached hydrogens (tertiary/aromatic N) is 1. The highest BCUT2D eigenvalue weighted by Gasteiger charge is 2.60. The van der Waals surface area contributed by atoms with Gasteiger partial charge in [0.25, 0.3) is 0 Å². The normalized spacial score (nSPS) is 37.5. The van der Waals surface area contributed by atoms with Crippen LogP contribution in [0.1, 0.15) is 30.4 Å². The van der Waals surface area contributed by atoms with E-state index in [2.05, 4.69) is 11.9 Å². The molecule has 1 saturated heterocycles. The van der Waals surface area contributed by atoms with Crippen molar-refractivity contribution < 1.29 is 20.1 Å². The number of fused-ring (bicyclic) bond motifs is 1. The molecule has 1 heterocycles. The first kappa shape index (κ1) is 14.0. The van der Waals surface area contributed by atoms with Crippen LogP contribution in [0.3, 0.4) is 0 Å². The number of hydrogen-bond acceptors (Lipinski definition) is 5. The standard InChI is InChI=1S/C17H21NO4/c1-18-7-6-17-10(3-5-13(20)16(17)22)11(18)8-9-2-4-12(19)15(21)14(9)17/h2,4,10-11,13,19-21H,3,5-8H2,1H3. The second-order valence-corrected chi connectivity index (χ2v) is 7.00. The number of ketones is 1. The molecule has 0 spiro atoms. The number of phenolic OH excluding ortho intramolecular Hbond substituents is 2. The fraction of sp³-hybridized carbons (Fsp3) is 0.588. The van der Waals surface area contributed by atoms with Gasteiger partial charge in [0.05, 0.1) is 5.41 Å². The van der Waals surface area contributed by atoms with Crippen molar-refractivity contribution in [2.45, 2.75) is 43.2 Å². The summed E-state index contributed by atoms with van der Waals surface area (Å²) in [6.07, 6.45) is 1.66. The number of piperidine rings is 1. The second-order valence-electron chi connectivity index (χ2n) is 7.00. The van der Waals surface area contributed by atoms with E-state index in [1.54, 1.807) is 0 Å². The van der Waals surface area contributed by atoms with E-state index in [1.807, 2.05) is 6.07 Å². The van der Waals surface area contributed by atoms with Crippen LogP contribution < -0.4 is 0 Å². The molecule has 3 N–H and O–H groups in total. The fourth-order valence-electron chi connectivity index (χ4n) is 5.10. The number of carbonyl (C=O) groups excluding carboxylic acids is 1. The van der Waals surface area contributed by atoms with Crippen LogP contribution in [0.15, 0.2) is 12.1 Å². The Hall–Kier alpha value is -1.59. The number of Topliss-reactive ketones (excluding diaryl/α,β-unsaturated/α-hetero) is 1. The van der Waals surface area contributed by atoms with Crippen molar-refractivity contribution >= 4 is 5.78 Å². The number of carbonyl (C=O) groups is 1. The molecule has 0 radical (unpaired) electrons. The first-order valence-corrected chi connectivity index (χ1v) is 7.93. The van der Waals surface area contributed by atoms with E-state index in [4.69, 9.17) is 0 Å². The van der Waals surface area contributed by atoms with Crippen molar-refractivity contribution in [1.29, 1.82) is 0 Å². The van der Waals surface area contributed by atoms with E-state index in [-0.39, 0.29) is 29.2 Å². The molecule has 2 bridgehead atoms. The van der Waals surface area contributed by atoms with Crippen LogP contribution in [-0.2, 0) is 16.6 Å². The van der Waals surface area contributed by atoms with Crippen molar-refractivity contribution in [2.24, 2.45) is 5.92 Å². The van der Waals surface area contributed by atoms with Gasteiger partial charge < -0.3 is 20.2 Å². The Bertz CT molecular complexity index is 658. The molecule has 1 aromatic rings. The van der Waals surface area contributed by atoms with Crippen molar-refractivity contribution in [3.63, 3.8) is 0 Å². The van der Waals surface area contributed by atoms with Gasteiger partial charge in [0, 0.05) is 11.6 Å². The molecule has 0 aromatic heterocycles. The summed E-state index contributed by atoms with van der Waals surface area (Å²) in [5.74, 6) is -0.434. The molecular formula is C17H21NO4. The number of likely N-dealkylation sites (tertiary alicyclic amines) is 1. The SMILES string of the molecule is CN1CCC23C(=O)C(O)CCC2C1Cc1ccc(O)c(O)c13. The van der Waals surface area contributed by atoms with Crippen LogP contribution in [0.4, 0.5) is 0 Å². The van der Waals surface area contributed by atoms with Gasteiger partial charge in [-0.25, -0.2) is 0 Å². The Morgan fingerprint density at radius 3 is 2.82 bits per heavy atom. The van der Waals surface area contributed by atoms with Crippen LogP contribution >= 0.6 is 0 Å². The Labute approximate surface area is 129 Å². The Balaban J connectivity index is 2.01. The molecule has 4 unspecified atom stereocenters. The van der Waals surface area contributed by atoms with E-state index in [9.17, 15) is 20.1 Å². The number of benzene rings is 1. The molecule has 1 aromatic carbocycles. The first-order valence-electron chi connectivity index (χ1n) is 7.93. The molecule has 2 fully saturated rings. The fourth-order valence-corrected chi connectivity index (χ4v) is 5.10. The minimum Gasteiger partial charge on any atom is -0.504 e. The summed E-state index contributed by atoms with van der Waals surface area (Å²) < 4.78 is 0. The molecular weight excluding hydrogens is 282 g/mol. The van der Waals surface area contributed by atoms with Gasteiger partial charge >= 0.3 is 0 Å². The second kappa shape index (κ2) is 4.46. The zero-order valence-electron chi connectivity index (χ0n) is 12.6. The van der Waals surface area contributed by atoms with Gasteiger partial charge in [0.1, 0.15) is 6.10 Å². The smallest absolute Gasteiger partial charge is 0.172 e. The van der Waals surface area contributed by atoms with Gasteiger partial charge in [0.15, 0.2) is 17.3 Å². The quantitative estimate of drug-likeness (QED) is 0.621. The van der Waals surface area contributed by atoms with Gasteiger partial charge in [-0.1, -0.05) is 6.07 Å². The minimum absolute atomic E-state index is 0.0994. The number of aliphatic hydroxyl groups is 1. The number of aliphatic hydroxyl groups excluding tert-OH is 1. The molecule has 22 heavy (non-hydrogen) atoms. The van der Waals surface area contributed by atoms with Gasteiger partial charge in [-0.15, -0.1) is 0 Å². The number of aromatic hydroxyl groups is 2. The molecule has 4 atom stereocenters. The van der Waals surface area contributed by atoms with Crippen LogP contribution in [0.2, 0.25) is 0 Å². The molecule has 3 aliphatic rings. The van der Waals surface area contributed by atoms with Crippen molar-refractivity contribution in [3.05, 3.63) is 23.3 Å². The van der Waals surface area contributed by atoms with E-state index in [1.165, 1.54) is 6.07 Å². The maximum Gasteiger partial charge on any atom is 0.172 e. The zero-order valence-corrected chi connectivity index (χ0v) is 12.6. The third-order valence-electron chi connectivity index (χ3n) is 6.13. The van der Waals surface area contributed by atoms with E-state index in [0.29, 0.717) is 18.4 Å². The number of likely N-dealkylation sites (N-methyl/N-ethyl adjacent to an activating group) is 1. The molecule has 1 aliphatic heterocycles. The largest absolute Gasteiger partial charge is 0.504 e. The van der Waals surface area contributed by atoms with Gasteiger partial charge in [0.2, 0.25) is 0 Å². The van der Waals surface area contributed by atoms with Crippen molar-refractivity contribution in [3.8, 4) is 11.5 Å². The lowest BCUT2D eigenvalue weighted by atomic mass is 9.51. The third-order valence-corrected chi connectivity index (χ3v) is 6.13. The summed E-state index contributed by atoms with van der Waals surface area (Å²) in [6.45, 7) is 0.758. The lowest BCUT2D eigenvalue weighted by molar-refractivity contribution is -0.146. The molecule has 118 valence electrons. The maximum atomic E-state index is 13.0. The van der Waals surface area contributed by atoms with Crippen LogP contribution in [-0.4, -0.2) is 51.7 Å². The molecule has 2 aliphatic carbocycles. The minimum atomic E-state index is -0.965. The third kappa shape index (κ3) is 1.53. The van der Waals surface area contributed by atoms with Crippen LogP contribution in [0, 0.1) is 5.92 Å². The summed E-state index contributed by atoms with van der Waals surface area (Å²) >= 11 is 0. The topological polar surface area (TPSA) is 81.0 Å². The van der Waals surface area contributed by atoms with Gasteiger partial charge in [-0.05, 0) is 56.8 Å².